The van der Waals surface area contributed by atoms with E-state index in [9.17, 15) is 15.3 Å². The molecule has 4 heterocycles. The number of nitrogens with one attached hydrogen (secondary N) is 1. The second-order valence-electron chi connectivity index (χ2n) is 5.83. The number of rotatable bonds is 5. The summed E-state index contributed by atoms with van der Waals surface area (Å²) >= 11 is 5.06. The molecule has 0 radical (unpaired) electrons. The highest BCUT2D eigenvalue weighted by molar-refractivity contribution is 9.11. The van der Waals surface area contributed by atoms with Crippen LogP contribution in [0.1, 0.15) is 11.1 Å². The lowest BCUT2D eigenvalue weighted by Crippen LogP contribution is -2.33. The topological polar surface area (TPSA) is 126 Å². The lowest BCUT2D eigenvalue weighted by atomic mass is 10.1. The lowest BCUT2D eigenvalue weighted by molar-refractivity contribution is -0.0511. The second kappa shape index (κ2) is 7.18. The number of hydrogen-bond acceptors (Lipinski definition) is 9. The van der Waals surface area contributed by atoms with E-state index in [0.717, 1.165) is 8.66 Å². The number of hydrogen-bond donors (Lipinski definition) is 4. The minimum Gasteiger partial charge on any atom is -0.394 e. The maximum atomic E-state index is 10.2. The smallest absolute Gasteiger partial charge is 0.167 e. The van der Waals surface area contributed by atoms with Crippen LogP contribution in [0.25, 0.3) is 11.2 Å². The van der Waals surface area contributed by atoms with Crippen molar-refractivity contribution in [3.8, 4) is 0 Å². The van der Waals surface area contributed by atoms with Crippen molar-refractivity contribution in [2.24, 2.45) is 0 Å². The number of aliphatic hydroxyl groups excluding tert-OH is 3. The minimum absolute atomic E-state index is 0.389. The van der Waals surface area contributed by atoms with Crippen LogP contribution in [0.5, 0.6) is 0 Å². The van der Waals surface area contributed by atoms with E-state index in [2.05, 4.69) is 36.2 Å². The van der Waals surface area contributed by atoms with Crippen molar-refractivity contribution >= 4 is 44.2 Å². The quantitative estimate of drug-likeness (QED) is 0.459. The molecule has 0 spiro atoms. The molecular formula is C15H16BrN5O4S. The zero-order valence-electron chi connectivity index (χ0n) is 13.4. The second-order valence-corrected chi connectivity index (χ2v) is 8.38. The van der Waals surface area contributed by atoms with Gasteiger partial charge in [0.15, 0.2) is 23.2 Å². The number of aliphatic hydroxyl groups is 3. The maximum absolute atomic E-state index is 10.2. The number of nitrogens with zero attached hydrogens (tertiary/aromatic N) is 4. The van der Waals surface area contributed by atoms with Gasteiger partial charge < -0.3 is 25.4 Å². The van der Waals surface area contributed by atoms with Gasteiger partial charge in [-0.3, -0.25) is 4.57 Å². The van der Waals surface area contributed by atoms with E-state index in [1.54, 1.807) is 11.3 Å². The van der Waals surface area contributed by atoms with E-state index in [4.69, 9.17) is 4.74 Å². The van der Waals surface area contributed by atoms with Gasteiger partial charge in [-0.1, -0.05) is 0 Å². The summed E-state index contributed by atoms with van der Waals surface area (Å²) in [6.07, 6.45) is -1.24. The van der Waals surface area contributed by atoms with Gasteiger partial charge in [0.1, 0.15) is 24.6 Å². The maximum Gasteiger partial charge on any atom is 0.167 e. The molecule has 0 aromatic carbocycles. The lowest BCUT2D eigenvalue weighted by Gasteiger charge is -2.16. The van der Waals surface area contributed by atoms with Gasteiger partial charge in [-0.05, 0) is 28.1 Å². The van der Waals surface area contributed by atoms with Gasteiger partial charge in [-0.25, -0.2) is 15.0 Å². The van der Waals surface area contributed by atoms with Crippen LogP contribution in [0.4, 0.5) is 5.82 Å². The van der Waals surface area contributed by atoms with Gasteiger partial charge in [0.05, 0.1) is 23.3 Å². The first-order valence-corrected chi connectivity index (χ1v) is 9.47. The van der Waals surface area contributed by atoms with Gasteiger partial charge in [-0.15, -0.1) is 11.3 Å². The predicted octanol–water partition coefficient (Wildman–Crippen LogP) is 0.874. The largest absolute Gasteiger partial charge is 0.394 e. The fourth-order valence-electron chi connectivity index (χ4n) is 2.89. The summed E-state index contributed by atoms with van der Waals surface area (Å²) in [7, 11) is 0. The third kappa shape index (κ3) is 3.10. The van der Waals surface area contributed by atoms with Crippen molar-refractivity contribution in [1.82, 2.24) is 19.5 Å². The van der Waals surface area contributed by atoms with Crippen LogP contribution in [0.2, 0.25) is 0 Å². The Bertz CT molecular complexity index is 918. The van der Waals surface area contributed by atoms with Gasteiger partial charge in [-0.2, -0.15) is 0 Å². The predicted molar refractivity (Wildman–Crippen MR) is 97.7 cm³/mol. The van der Waals surface area contributed by atoms with Crippen LogP contribution < -0.4 is 5.32 Å². The van der Waals surface area contributed by atoms with E-state index in [1.807, 2.05) is 12.1 Å². The summed E-state index contributed by atoms with van der Waals surface area (Å²) in [5.74, 6) is 0.560. The van der Waals surface area contributed by atoms with E-state index in [-0.39, 0.29) is 6.61 Å². The van der Waals surface area contributed by atoms with Crippen LogP contribution in [-0.4, -0.2) is 59.8 Å². The molecule has 26 heavy (non-hydrogen) atoms. The Morgan fingerprint density at radius 3 is 2.77 bits per heavy atom. The third-order valence-electron chi connectivity index (χ3n) is 4.21. The minimum atomic E-state index is -1.20. The highest BCUT2D eigenvalue weighted by atomic mass is 79.9. The molecule has 4 rings (SSSR count). The number of aromatic nitrogens is 4. The van der Waals surface area contributed by atoms with Crippen LogP contribution in [0.3, 0.4) is 0 Å². The van der Waals surface area contributed by atoms with E-state index in [1.165, 1.54) is 17.2 Å². The summed E-state index contributed by atoms with van der Waals surface area (Å²) in [6, 6.07) is 3.99. The summed E-state index contributed by atoms with van der Waals surface area (Å²) in [5, 5.41) is 32.6. The zero-order chi connectivity index (χ0) is 18.3. The monoisotopic (exact) mass is 441 g/mol. The van der Waals surface area contributed by atoms with Crippen molar-refractivity contribution < 1.29 is 20.1 Å². The number of anilines is 1. The zero-order valence-corrected chi connectivity index (χ0v) is 15.8. The molecule has 9 nitrogen and oxygen atoms in total. The molecule has 138 valence electrons. The molecule has 0 bridgehead atoms. The van der Waals surface area contributed by atoms with Gasteiger partial charge in [0.2, 0.25) is 0 Å². The molecular weight excluding hydrogens is 426 g/mol. The Kier molecular flexibility index (Phi) is 4.90. The van der Waals surface area contributed by atoms with Gasteiger partial charge in [0.25, 0.3) is 0 Å². The SMILES string of the molecule is OC[C@H]1O[C@@H](n2cnc3c(NCc4ccc(Br)s4)ncnc32)[C@@H](O)C1O. The standard InChI is InChI=1S/C15H16BrN5O4S/c16-9-2-1-7(26-9)3-17-13-10-14(19-5-18-13)21(6-20-10)15-12(24)11(23)8(4-22)25-15/h1-2,5-6,8,11-12,15,22-24H,3-4H2,(H,17,18,19)/t8-,11?,12+,15-/m1/s1. The Hall–Kier alpha value is -1.63. The number of halogens is 1. The molecule has 1 unspecified atom stereocenters. The summed E-state index contributed by atoms with van der Waals surface area (Å²) in [6.45, 7) is 0.197. The van der Waals surface area contributed by atoms with Crippen molar-refractivity contribution in [2.75, 3.05) is 11.9 Å². The summed E-state index contributed by atoms with van der Waals surface area (Å²) in [4.78, 5) is 13.9. The van der Waals surface area contributed by atoms with Crippen molar-refractivity contribution in [2.45, 2.75) is 31.1 Å². The Morgan fingerprint density at radius 1 is 1.23 bits per heavy atom. The van der Waals surface area contributed by atoms with Crippen LogP contribution in [-0.2, 0) is 11.3 Å². The Labute approximate surface area is 160 Å². The molecule has 11 heteroatoms. The van der Waals surface area contributed by atoms with E-state index < -0.39 is 24.5 Å². The first-order valence-electron chi connectivity index (χ1n) is 7.86. The fourth-order valence-corrected chi connectivity index (χ4v) is 4.32. The number of ether oxygens (including phenoxy) is 1. The molecule has 1 fully saturated rings. The van der Waals surface area contributed by atoms with Crippen molar-refractivity contribution in [3.05, 3.63) is 33.5 Å². The van der Waals surface area contributed by atoms with Crippen LogP contribution >= 0.6 is 27.3 Å². The molecule has 0 saturated carbocycles. The molecule has 1 saturated heterocycles. The molecule has 4 atom stereocenters. The average molecular weight is 442 g/mol. The molecule has 4 N–H and O–H groups in total. The van der Waals surface area contributed by atoms with E-state index in [0.29, 0.717) is 23.5 Å². The average Bonchev–Trinajstić information content (AvgIpc) is 3.32. The van der Waals surface area contributed by atoms with Crippen molar-refractivity contribution in [3.63, 3.8) is 0 Å². The Balaban J connectivity index is 1.61. The van der Waals surface area contributed by atoms with E-state index >= 15 is 0 Å². The number of imidazole rings is 1. The van der Waals surface area contributed by atoms with Crippen LogP contribution in [0, 0.1) is 0 Å². The van der Waals surface area contributed by atoms with Gasteiger partial charge in [0, 0.05) is 4.88 Å². The highest BCUT2D eigenvalue weighted by Crippen LogP contribution is 2.32. The fraction of sp³-hybridized carbons (Fsp3) is 0.400. The first-order chi connectivity index (χ1) is 12.6. The van der Waals surface area contributed by atoms with Crippen LogP contribution in [0.15, 0.2) is 28.6 Å². The molecule has 1 aliphatic heterocycles. The molecule has 0 amide bonds. The summed E-state index contributed by atoms with van der Waals surface area (Å²) in [5.41, 5.74) is 0.991. The van der Waals surface area contributed by atoms with Gasteiger partial charge >= 0.3 is 0 Å². The molecule has 1 aliphatic rings. The number of thiophene rings is 1. The molecule has 0 aliphatic carbocycles. The normalized spacial score (nSPS) is 25.8. The number of fused-ring (bicyclic) bond motifs is 1. The first kappa shape index (κ1) is 17.8. The summed E-state index contributed by atoms with van der Waals surface area (Å²) < 4.78 is 8.13. The molecule has 3 aromatic rings. The highest BCUT2D eigenvalue weighted by Gasteiger charge is 2.44. The third-order valence-corrected chi connectivity index (χ3v) is 5.83. The van der Waals surface area contributed by atoms with Crippen molar-refractivity contribution in [1.29, 1.82) is 0 Å². The molecule has 3 aromatic heterocycles. The Morgan fingerprint density at radius 2 is 2.08 bits per heavy atom.